The fourth-order valence-corrected chi connectivity index (χ4v) is 4.45. The molecule has 0 saturated heterocycles. The third-order valence-electron chi connectivity index (χ3n) is 6.12. The van der Waals surface area contributed by atoms with Crippen LogP contribution in [0.25, 0.3) is 11.1 Å². The molecular formula is C27H34N2O5. The van der Waals surface area contributed by atoms with Gasteiger partial charge in [0.25, 0.3) is 0 Å². The lowest BCUT2D eigenvalue weighted by molar-refractivity contribution is -0.138. The summed E-state index contributed by atoms with van der Waals surface area (Å²) in [7, 11) is 0. The van der Waals surface area contributed by atoms with E-state index in [4.69, 9.17) is 9.84 Å². The number of carboxylic acid groups (broad SMARTS) is 1. The SMILES string of the molecule is CC(C)C[C@@H](NC(=O)OCC1c2ccccc2-c2ccccc21)C(=O)NCCC(C)CC(=O)O. The highest BCUT2D eigenvalue weighted by molar-refractivity contribution is 5.85. The number of hydrogen-bond acceptors (Lipinski definition) is 4. The van der Waals surface area contributed by atoms with Crippen molar-refractivity contribution >= 4 is 18.0 Å². The largest absolute Gasteiger partial charge is 0.481 e. The Morgan fingerprint density at radius 3 is 2.12 bits per heavy atom. The molecule has 2 aromatic rings. The van der Waals surface area contributed by atoms with E-state index >= 15 is 0 Å². The number of alkyl carbamates (subject to hydrolysis) is 1. The third kappa shape index (κ3) is 6.59. The van der Waals surface area contributed by atoms with Gasteiger partial charge in [-0.05, 0) is 46.9 Å². The molecule has 2 aromatic carbocycles. The number of rotatable bonds is 11. The Morgan fingerprint density at radius 2 is 1.56 bits per heavy atom. The van der Waals surface area contributed by atoms with Gasteiger partial charge in [-0.15, -0.1) is 0 Å². The van der Waals surface area contributed by atoms with Gasteiger partial charge in [-0.2, -0.15) is 0 Å². The van der Waals surface area contributed by atoms with Crippen molar-refractivity contribution in [1.82, 2.24) is 10.6 Å². The second kappa shape index (κ2) is 11.7. The highest BCUT2D eigenvalue weighted by Crippen LogP contribution is 2.44. The van der Waals surface area contributed by atoms with Gasteiger partial charge >= 0.3 is 12.1 Å². The van der Waals surface area contributed by atoms with Crippen LogP contribution in [0, 0.1) is 11.8 Å². The van der Waals surface area contributed by atoms with Gasteiger partial charge in [0.05, 0.1) is 0 Å². The van der Waals surface area contributed by atoms with E-state index in [2.05, 4.69) is 34.9 Å². The Balaban J connectivity index is 1.57. The molecule has 0 radical (unpaired) electrons. The molecule has 2 amide bonds. The second-order valence-electron chi connectivity index (χ2n) is 9.43. The van der Waals surface area contributed by atoms with E-state index in [-0.39, 0.29) is 36.7 Å². The molecule has 0 spiro atoms. The summed E-state index contributed by atoms with van der Waals surface area (Å²) in [6.45, 7) is 6.33. The van der Waals surface area contributed by atoms with Crippen molar-refractivity contribution in [3.05, 3.63) is 59.7 Å². The van der Waals surface area contributed by atoms with Crippen molar-refractivity contribution in [3.8, 4) is 11.1 Å². The van der Waals surface area contributed by atoms with Crippen molar-refractivity contribution < 1.29 is 24.2 Å². The number of aliphatic carboxylic acids is 1. The molecule has 0 saturated carbocycles. The number of carbonyl (C=O) groups is 3. The average molecular weight is 467 g/mol. The number of hydrogen-bond donors (Lipinski definition) is 3. The van der Waals surface area contributed by atoms with Crippen molar-refractivity contribution in [2.75, 3.05) is 13.2 Å². The van der Waals surface area contributed by atoms with Gasteiger partial charge in [0.1, 0.15) is 12.6 Å². The molecule has 0 aliphatic heterocycles. The highest BCUT2D eigenvalue weighted by atomic mass is 16.5. The zero-order chi connectivity index (χ0) is 24.7. The number of amides is 2. The van der Waals surface area contributed by atoms with Crippen LogP contribution in [0.15, 0.2) is 48.5 Å². The van der Waals surface area contributed by atoms with E-state index in [0.29, 0.717) is 19.4 Å². The quantitative estimate of drug-likeness (QED) is 0.450. The van der Waals surface area contributed by atoms with Crippen LogP contribution in [0.3, 0.4) is 0 Å². The fourth-order valence-electron chi connectivity index (χ4n) is 4.45. The second-order valence-corrected chi connectivity index (χ2v) is 9.43. The summed E-state index contributed by atoms with van der Waals surface area (Å²) in [6, 6.07) is 15.5. The van der Waals surface area contributed by atoms with Gasteiger partial charge in [-0.3, -0.25) is 9.59 Å². The minimum Gasteiger partial charge on any atom is -0.481 e. The van der Waals surface area contributed by atoms with E-state index in [1.807, 2.05) is 45.0 Å². The fraction of sp³-hybridized carbons (Fsp3) is 0.444. The number of carboxylic acids is 1. The smallest absolute Gasteiger partial charge is 0.407 e. The van der Waals surface area contributed by atoms with Gasteiger partial charge in [0.2, 0.25) is 5.91 Å². The van der Waals surface area contributed by atoms with Crippen LogP contribution in [-0.2, 0) is 14.3 Å². The van der Waals surface area contributed by atoms with Crippen LogP contribution in [0.5, 0.6) is 0 Å². The molecular weight excluding hydrogens is 432 g/mol. The maximum atomic E-state index is 12.7. The third-order valence-corrected chi connectivity index (χ3v) is 6.12. The molecule has 0 bridgehead atoms. The minimum atomic E-state index is -0.853. The van der Waals surface area contributed by atoms with Crippen molar-refractivity contribution in [1.29, 1.82) is 0 Å². The maximum absolute atomic E-state index is 12.7. The molecule has 7 heteroatoms. The molecule has 2 atom stereocenters. The van der Waals surface area contributed by atoms with E-state index < -0.39 is 18.1 Å². The first-order chi connectivity index (χ1) is 16.3. The summed E-state index contributed by atoms with van der Waals surface area (Å²) < 4.78 is 5.59. The summed E-state index contributed by atoms with van der Waals surface area (Å²) in [5, 5.41) is 14.4. The van der Waals surface area contributed by atoms with Gasteiger partial charge in [-0.25, -0.2) is 4.79 Å². The lowest BCUT2D eigenvalue weighted by Gasteiger charge is -2.21. The minimum absolute atomic E-state index is 0.0450. The van der Waals surface area contributed by atoms with Crippen LogP contribution in [0.1, 0.15) is 57.1 Å². The van der Waals surface area contributed by atoms with Crippen LogP contribution in [-0.4, -0.2) is 42.3 Å². The predicted molar refractivity (Wildman–Crippen MR) is 130 cm³/mol. The molecule has 182 valence electrons. The van der Waals surface area contributed by atoms with Crippen LogP contribution in [0.4, 0.5) is 4.79 Å². The number of nitrogens with one attached hydrogen (secondary N) is 2. The van der Waals surface area contributed by atoms with Crippen LogP contribution >= 0.6 is 0 Å². The number of fused-ring (bicyclic) bond motifs is 3. The predicted octanol–water partition coefficient (Wildman–Crippen LogP) is 4.56. The van der Waals surface area contributed by atoms with Crippen molar-refractivity contribution in [2.45, 2.75) is 52.0 Å². The van der Waals surface area contributed by atoms with E-state index in [1.54, 1.807) is 0 Å². The molecule has 1 unspecified atom stereocenters. The van der Waals surface area contributed by atoms with Gasteiger partial charge < -0.3 is 20.5 Å². The summed E-state index contributed by atoms with van der Waals surface area (Å²) >= 11 is 0. The van der Waals surface area contributed by atoms with Gasteiger partial charge in [-0.1, -0.05) is 69.3 Å². The highest BCUT2D eigenvalue weighted by Gasteiger charge is 2.30. The maximum Gasteiger partial charge on any atom is 0.407 e. The van der Waals surface area contributed by atoms with Crippen LogP contribution < -0.4 is 10.6 Å². The average Bonchev–Trinajstić information content (AvgIpc) is 3.10. The topological polar surface area (TPSA) is 105 Å². The standard InChI is InChI=1S/C27H34N2O5/c1-17(2)14-24(26(32)28-13-12-18(3)15-25(30)31)29-27(33)34-16-23-21-10-6-4-8-19(21)20-9-5-7-11-22(20)23/h4-11,17-18,23-24H,12-16H2,1-3H3,(H,28,32)(H,29,33)(H,30,31)/t18?,24-/m1/s1. The Morgan fingerprint density at radius 1 is 0.971 bits per heavy atom. The number of ether oxygens (including phenoxy) is 1. The molecule has 0 fully saturated rings. The molecule has 1 aliphatic rings. The first-order valence-corrected chi connectivity index (χ1v) is 11.9. The first-order valence-electron chi connectivity index (χ1n) is 11.9. The molecule has 3 rings (SSSR count). The van der Waals surface area contributed by atoms with Gasteiger partial charge in [0, 0.05) is 18.9 Å². The monoisotopic (exact) mass is 466 g/mol. The molecule has 34 heavy (non-hydrogen) atoms. The van der Waals surface area contributed by atoms with E-state index in [1.165, 1.54) is 0 Å². The Labute approximate surface area is 200 Å². The van der Waals surface area contributed by atoms with Crippen molar-refractivity contribution in [3.63, 3.8) is 0 Å². The zero-order valence-electron chi connectivity index (χ0n) is 20.0. The molecule has 1 aliphatic carbocycles. The summed E-state index contributed by atoms with van der Waals surface area (Å²) in [6.07, 6.45) is 0.461. The molecule has 0 aromatic heterocycles. The van der Waals surface area contributed by atoms with Gasteiger partial charge in [0.15, 0.2) is 0 Å². The van der Waals surface area contributed by atoms with E-state index in [9.17, 15) is 14.4 Å². The lowest BCUT2D eigenvalue weighted by atomic mass is 9.98. The lowest BCUT2D eigenvalue weighted by Crippen LogP contribution is -2.48. The summed E-state index contributed by atoms with van der Waals surface area (Å²) in [5.41, 5.74) is 4.56. The Bertz CT molecular complexity index is 974. The zero-order valence-corrected chi connectivity index (χ0v) is 20.0. The molecule has 7 nitrogen and oxygen atoms in total. The normalized spacial score (nSPS) is 14.1. The van der Waals surface area contributed by atoms with E-state index in [0.717, 1.165) is 22.3 Å². The number of carbonyl (C=O) groups excluding carboxylic acids is 2. The van der Waals surface area contributed by atoms with Crippen molar-refractivity contribution in [2.24, 2.45) is 11.8 Å². The summed E-state index contributed by atoms with van der Waals surface area (Å²) in [4.78, 5) is 36.2. The Kier molecular flexibility index (Phi) is 8.68. The van der Waals surface area contributed by atoms with Crippen LogP contribution in [0.2, 0.25) is 0 Å². The molecule has 3 N–H and O–H groups in total. The Hall–Kier alpha value is -3.35. The molecule has 0 heterocycles. The number of benzene rings is 2. The summed E-state index contributed by atoms with van der Waals surface area (Å²) in [5.74, 6) is -1.04. The first kappa shape index (κ1) is 25.3.